The number of hydrogen-bond donors (Lipinski definition) is 1. The minimum absolute atomic E-state index is 0.000738. The van der Waals surface area contributed by atoms with Gasteiger partial charge in [-0.2, -0.15) is 0 Å². The molecule has 5 rings (SSSR count). The quantitative estimate of drug-likeness (QED) is 0.121. The zero-order chi connectivity index (χ0) is 27.7. The lowest BCUT2D eigenvalue weighted by atomic mass is 10.1. The van der Waals surface area contributed by atoms with Crippen molar-refractivity contribution in [2.45, 2.75) is 6.54 Å². The number of anilines is 1. The van der Waals surface area contributed by atoms with Crippen LogP contribution in [0, 0.1) is 10.1 Å². The average molecular weight is 543 g/mol. The molecule has 2 heterocycles. The molecule has 0 spiro atoms. The van der Waals surface area contributed by atoms with Crippen molar-refractivity contribution in [3.05, 3.63) is 99.7 Å². The minimum Gasteiger partial charge on any atom is -0.497 e. The number of methoxy groups -OCH3 is 2. The Kier molecular flexibility index (Phi) is 6.82. The summed E-state index contributed by atoms with van der Waals surface area (Å²) < 4.78 is 12.6. The second-order valence-corrected chi connectivity index (χ2v) is 9.04. The number of para-hydroxylation sites is 1. The predicted octanol–water partition coefficient (Wildman–Crippen LogP) is 4.45. The van der Waals surface area contributed by atoms with E-state index >= 15 is 0 Å². The van der Waals surface area contributed by atoms with Gasteiger partial charge in [0.05, 0.1) is 24.8 Å². The average Bonchev–Trinajstić information content (AvgIpc) is 3.28. The van der Waals surface area contributed by atoms with E-state index in [1.807, 2.05) is 35.0 Å². The monoisotopic (exact) mass is 542 g/mol. The second kappa shape index (κ2) is 10.4. The van der Waals surface area contributed by atoms with Gasteiger partial charge in [0.2, 0.25) is 0 Å². The smallest absolute Gasteiger partial charge is 0.270 e. The molecule has 0 saturated carbocycles. The fourth-order valence-corrected chi connectivity index (χ4v) is 4.76. The standard InChI is InChI=1S/C28H22N4O6S/c1-37-20-10-11-24(25(14-20)38-2)31-27(34)22(26(33)29-28(31)39)13-18-16-30(23-9-4-3-8-21(18)23)15-17-6-5-7-19(12-17)32(35)36/h3-14,16H,15H2,1-2H3,(H,29,33,39)/b22-13+. The van der Waals surface area contributed by atoms with Gasteiger partial charge < -0.3 is 14.0 Å². The molecule has 11 heteroatoms. The first kappa shape index (κ1) is 25.6. The van der Waals surface area contributed by atoms with Crippen LogP contribution in [-0.4, -0.2) is 40.6 Å². The SMILES string of the molecule is COc1ccc(N2C(=O)/C(=C/c3cn(Cc4cccc([N+](=O)[O-])c4)c4ccccc34)C(=O)NC2=S)c(OC)c1. The highest BCUT2D eigenvalue weighted by atomic mass is 32.1. The van der Waals surface area contributed by atoms with Crippen LogP contribution in [0.5, 0.6) is 11.5 Å². The Morgan fingerprint density at radius 3 is 2.56 bits per heavy atom. The van der Waals surface area contributed by atoms with Gasteiger partial charge in [-0.25, -0.2) is 4.90 Å². The number of nitro groups is 1. The summed E-state index contributed by atoms with van der Waals surface area (Å²) in [5.41, 5.74) is 2.44. The first-order valence-electron chi connectivity index (χ1n) is 11.8. The molecule has 1 fully saturated rings. The van der Waals surface area contributed by atoms with E-state index in [0.29, 0.717) is 29.3 Å². The molecular formula is C28H22N4O6S. The molecule has 10 nitrogen and oxygen atoms in total. The summed E-state index contributed by atoms with van der Waals surface area (Å²) in [5.74, 6) is -0.358. The van der Waals surface area contributed by atoms with Gasteiger partial charge in [0.1, 0.15) is 17.1 Å². The number of ether oxygens (including phenoxy) is 2. The molecule has 1 aromatic heterocycles. The fourth-order valence-electron chi connectivity index (χ4n) is 4.49. The number of amides is 2. The Bertz CT molecular complexity index is 1690. The highest BCUT2D eigenvalue weighted by Crippen LogP contribution is 2.35. The number of benzene rings is 3. The van der Waals surface area contributed by atoms with Gasteiger partial charge in [-0.3, -0.25) is 25.0 Å². The summed E-state index contributed by atoms with van der Waals surface area (Å²) in [6.07, 6.45) is 3.33. The Labute approximate surface area is 228 Å². The van der Waals surface area contributed by atoms with Crippen LogP contribution in [0.4, 0.5) is 11.4 Å². The fraction of sp³-hybridized carbons (Fsp3) is 0.107. The molecule has 4 aromatic rings. The number of aromatic nitrogens is 1. The maximum Gasteiger partial charge on any atom is 0.270 e. The van der Waals surface area contributed by atoms with Crippen molar-refractivity contribution in [2.24, 2.45) is 0 Å². The molecule has 196 valence electrons. The molecule has 0 bridgehead atoms. The summed E-state index contributed by atoms with van der Waals surface area (Å²) in [4.78, 5) is 38.6. The van der Waals surface area contributed by atoms with Gasteiger partial charge in [-0.05, 0) is 42.1 Å². The van der Waals surface area contributed by atoms with E-state index < -0.39 is 16.7 Å². The Balaban J connectivity index is 1.56. The summed E-state index contributed by atoms with van der Waals surface area (Å²) >= 11 is 5.34. The number of nitro benzene ring substituents is 1. The van der Waals surface area contributed by atoms with E-state index in [1.54, 1.807) is 30.3 Å². The molecule has 0 radical (unpaired) electrons. The maximum atomic E-state index is 13.7. The van der Waals surface area contributed by atoms with Crippen molar-refractivity contribution in [1.29, 1.82) is 0 Å². The van der Waals surface area contributed by atoms with Crippen LogP contribution >= 0.6 is 12.2 Å². The third kappa shape index (κ3) is 4.82. The third-order valence-electron chi connectivity index (χ3n) is 6.32. The Hall–Kier alpha value is -5.03. The normalized spacial score (nSPS) is 14.6. The lowest BCUT2D eigenvalue weighted by molar-refractivity contribution is -0.384. The van der Waals surface area contributed by atoms with E-state index in [-0.39, 0.29) is 16.4 Å². The van der Waals surface area contributed by atoms with Gasteiger partial charge in [0.15, 0.2) is 5.11 Å². The summed E-state index contributed by atoms with van der Waals surface area (Å²) in [7, 11) is 2.98. The van der Waals surface area contributed by atoms with Crippen molar-refractivity contribution in [1.82, 2.24) is 9.88 Å². The molecular weight excluding hydrogens is 520 g/mol. The van der Waals surface area contributed by atoms with E-state index in [2.05, 4.69) is 5.32 Å². The van der Waals surface area contributed by atoms with E-state index in [1.165, 1.54) is 37.3 Å². The van der Waals surface area contributed by atoms with E-state index in [9.17, 15) is 19.7 Å². The van der Waals surface area contributed by atoms with Gasteiger partial charge in [-0.1, -0.05) is 30.3 Å². The van der Waals surface area contributed by atoms with E-state index in [4.69, 9.17) is 21.7 Å². The zero-order valence-electron chi connectivity index (χ0n) is 20.9. The Morgan fingerprint density at radius 1 is 1.03 bits per heavy atom. The number of fused-ring (bicyclic) bond motifs is 1. The molecule has 1 saturated heterocycles. The molecule has 1 aliphatic rings. The van der Waals surface area contributed by atoms with Gasteiger partial charge >= 0.3 is 0 Å². The number of thiocarbonyl (C=S) groups is 1. The number of carbonyl (C=O) groups is 2. The number of nitrogens with zero attached hydrogens (tertiary/aromatic N) is 3. The van der Waals surface area contributed by atoms with Crippen LogP contribution < -0.4 is 19.7 Å². The molecule has 0 aliphatic carbocycles. The molecule has 2 amide bonds. The third-order valence-corrected chi connectivity index (χ3v) is 6.61. The highest BCUT2D eigenvalue weighted by molar-refractivity contribution is 7.80. The highest BCUT2D eigenvalue weighted by Gasteiger charge is 2.36. The van der Waals surface area contributed by atoms with Crippen LogP contribution in [0.25, 0.3) is 17.0 Å². The largest absolute Gasteiger partial charge is 0.497 e. The predicted molar refractivity (Wildman–Crippen MR) is 150 cm³/mol. The maximum absolute atomic E-state index is 13.7. The summed E-state index contributed by atoms with van der Waals surface area (Å²) in [5, 5.41) is 14.5. The van der Waals surface area contributed by atoms with Crippen LogP contribution in [0.1, 0.15) is 11.1 Å². The Morgan fingerprint density at radius 2 is 1.82 bits per heavy atom. The first-order chi connectivity index (χ1) is 18.8. The van der Waals surface area contributed by atoms with Crippen LogP contribution in [0.15, 0.2) is 78.5 Å². The summed E-state index contributed by atoms with van der Waals surface area (Å²) in [6, 6.07) is 18.8. The van der Waals surface area contributed by atoms with Crippen LogP contribution in [0.2, 0.25) is 0 Å². The molecule has 3 aromatic carbocycles. The molecule has 0 unspecified atom stereocenters. The number of carbonyl (C=O) groups excluding carboxylic acids is 2. The van der Waals surface area contributed by atoms with Crippen molar-refractivity contribution >= 4 is 57.5 Å². The molecule has 1 N–H and O–H groups in total. The van der Waals surface area contributed by atoms with Gasteiger partial charge in [0.25, 0.3) is 17.5 Å². The molecule has 0 atom stereocenters. The zero-order valence-corrected chi connectivity index (χ0v) is 21.7. The van der Waals surface area contributed by atoms with Crippen molar-refractivity contribution in [2.75, 3.05) is 19.1 Å². The van der Waals surface area contributed by atoms with Crippen molar-refractivity contribution in [3.8, 4) is 11.5 Å². The van der Waals surface area contributed by atoms with Crippen LogP contribution in [-0.2, 0) is 16.1 Å². The number of hydrogen-bond acceptors (Lipinski definition) is 7. The first-order valence-corrected chi connectivity index (χ1v) is 12.2. The lowest BCUT2D eigenvalue weighted by Crippen LogP contribution is -2.54. The molecule has 1 aliphatic heterocycles. The van der Waals surface area contributed by atoms with Crippen molar-refractivity contribution in [3.63, 3.8) is 0 Å². The summed E-state index contributed by atoms with van der Waals surface area (Å²) in [6.45, 7) is 0.352. The minimum atomic E-state index is -0.621. The number of rotatable bonds is 7. The number of nitrogens with one attached hydrogen (secondary N) is 1. The molecule has 39 heavy (non-hydrogen) atoms. The number of non-ortho nitro benzene ring substituents is 1. The lowest BCUT2D eigenvalue weighted by Gasteiger charge is -2.30. The van der Waals surface area contributed by atoms with Crippen LogP contribution in [0.3, 0.4) is 0 Å². The van der Waals surface area contributed by atoms with E-state index in [0.717, 1.165) is 16.5 Å². The second-order valence-electron chi connectivity index (χ2n) is 8.65. The van der Waals surface area contributed by atoms with Gasteiger partial charge in [0, 0.05) is 47.4 Å². The van der Waals surface area contributed by atoms with Crippen molar-refractivity contribution < 1.29 is 24.0 Å². The topological polar surface area (TPSA) is 116 Å². The van der Waals surface area contributed by atoms with Gasteiger partial charge in [-0.15, -0.1) is 0 Å².